The van der Waals surface area contributed by atoms with Crippen LogP contribution in [0.4, 0.5) is 0 Å². The summed E-state index contributed by atoms with van der Waals surface area (Å²) in [5, 5.41) is 3.31. The van der Waals surface area contributed by atoms with Crippen LogP contribution in [0.2, 0.25) is 0 Å². The minimum atomic E-state index is 0.530. The van der Waals surface area contributed by atoms with E-state index < -0.39 is 0 Å². The van der Waals surface area contributed by atoms with E-state index in [9.17, 15) is 0 Å². The van der Waals surface area contributed by atoms with Crippen LogP contribution in [0.15, 0.2) is 27.6 Å². The first kappa shape index (κ1) is 8.60. The van der Waals surface area contributed by atoms with Crippen molar-refractivity contribution in [3.05, 3.63) is 28.2 Å². The third-order valence-corrected chi connectivity index (χ3v) is 3.78. The number of thioether (sulfide) groups is 1. The Morgan fingerprint density at radius 1 is 1.58 bits per heavy atom. The fraction of sp³-hybridized carbons (Fsp3) is 0.333. The van der Waals surface area contributed by atoms with Crippen LogP contribution in [0, 0.1) is 0 Å². The smallest absolute Gasteiger partial charge is 0.0424 e. The van der Waals surface area contributed by atoms with E-state index >= 15 is 0 Å². The molecule has 1 nitrogen and oxygen atoms in total. The lowest BCUT2D eigenvalue weighted by atomic mass is 10.1. The van der Waals surface area contributed by atoms with E-state index in [0.29, 0.717) is 6.04 Å². The Labute approximate surface area is 85.1 Å². The number of hydrogen-bond acceptors (Lipinski definition) is 2. The van der Waals surface area contributed by atoms with Gasteiger partial charge in [0.05, 0.1) is 0 Å². The maximum atomic E-state index is 3.48. The van der Waals surface area contributed by atoms with Crippen molar-refractivity contribution in [3.8, 4) is 0 Å². The highest BCUT2D eigenvalue weighted by atomic mass is 79.9. The molecule has 1 aliphatic heterocycles. The lowest BCUT2D eigenvalue weighted by molar-refractivity contribution is 0.663. The van der Waals surface area contributed by atoms with Crippen LogP contribution in [0.1, 0.15) is 11.6 Å². The van der Waals surface area contributed by atoms with E-state index in [0.717, 1.165) is 5.75 Å². The molecule has 0 saturated carbocycles. The molecule has 1 heterocycles. The summed E-state index contributed by atoms with van der Waals surface area (Å²) < 4.78 is 1.17. The molecule has 1 aromatic carbocycles. The Morgan fingerprint density at radius 3 is 3.17 bits per heavy atom. The van der Waals surface area contributed by atoms with Crippen LogP contribution in [0.3, 0.4) is 0 Å². The molecule has 0 radical (unpaired) electrons. The van der Waals surface area contributed by atoms with Gasteiger partial charge in [-0.3, -0.25) is 0 Å². The van der Waals surface area contributed by atoms with E-state index in [4.69, 9.17) is 0 Å². The molecular formula is C9H10BrNS. The third kappa shape index (κ3) is 1.41. The Hall–Kier alpha value is 0.01000. The van der Waals surface area contributed by atoms with Crippen LogP contribution >= 0.6 is 27.7 Å². The molecular weight excluding hydrogens is 234 g/mol. The SMILES string of the molecule is CNC1CSc2ccc(Br)cc21. The van der Waals surface area contributed by atoms with Crippen molar-refractivity contribution in [1.82, 2.24) is 5.32 Å². The molecule has 0 fully saturated rings. The maximum absolute atomic E-state index is 3.48. The van der Waals surface area contributed by atoms with Crippen molar-refractivity contribution in [2.75, 3.05) is 12.8 Å². The van der Waals surface area contributed by atoms with Crippen LogP contribution in [-0.2, 0) is 0 Å². The van der Waals surface area contributed by atoms with Gasteiger partial charge in [0.2, 0.25) is 0 Å². The highest BCUT2D eigenvalue weighted by Crippen LogP contribution is 2.38. The van der Waals surface area contributed by atoms with Gasteiger partial charge < -0.3 is 5.32 Å². The maximum Gasteiger partial charge on any atom is 0.0424 e. The molecule has 1 aromatic rings. The van der Waals surface area contributed by atoms with E-state index in [-0.39, 0.29) is 0 Å². The molecule has 1 aliphatic rings. The summed E-state index contributed by atoms with van der Waals surface area (Å²) in [7, 11) is 2.02. The number of halogens is 1. The fourth-order valence-corrected chi connectivity index (χ4v) is 3.03. The van der Waals surface area contributed by atoms with Gasteiger partial charge in [-0.2, -0.15) is 0 Å². The van der Waals surface area contributed by atoms with Gasteiger partial charge in [-0.15, -0.1) is 11.8 Å². The molecule has 0 saturated heterocycles. The quantitative estimate of drug-likeness (QED) is 0.815. The van der Waals surface area contributed by atoms with Gasteiger partial charge in [-0.05, 0) is 30.8 Å². The molecule has 1 unspecified atom stereocenters. The molecule has 0 aromatic heterocycles. The van der Waals surface area contributed by atoms with Crippen molar-refractivity contribution in [2.45, 2.75) is 10.9 Å². The zero-order valence-electron chi connectivity index (χ0n) is 6.80. The molecule has 1 atom stereocenters. The number of nitrogens with one attached hydrogen (secondary N) is 1. The predicted octanol–water partition coefficient (Wildman–Crippen LogP) is 2.82. The predicted molar refractivity (Wildman–Crippen MR) is 56.7 cm³/mol. The average Bonchev–Trinajstić information content (AvgIpc) is 2.46. The minimum absolute atomic E-state index is 0.530. The molecule has 1 N–H and O–H groups in total. The van der Waals surface area contributed by atoms with Gasteiger partial charge in [0.1, 0.15) is 0 Å². The van der Waals surface area contributed by atoms with Crippen molar-refractivity contribution in [2.24, 2.45) is 0 Å². The Bertz CT molecular complexity index is 301. The van der Waals surface area contributed by atoms with Crippen LogP contribution in [0.25, 0.3) is 0 Å². The molecule has 2 rings (SSSR count). The lowest BCUT2D eigenvalue weighted by Crippen LogP contribution is -2.15. The number of benzene rings is 1. The molecule has 64 valence electrons. The standard InChI is InChI=1S/C9H10BrNS/c1-11-8-5-12-9-3-2-6(10)4-7(8)9/h2-4,8,11H,5H2,1H3. The topological polar surface area (TPSA) is 12.0 Å². The third-order valence-electron chi connectivity index (χ3n) is 2.10. The second-order valence-corrected chi connectivity index (χ2v) is 4.81. The second-order valence-electron chi connectivity index (χ2n) is 2.83. The van der Waals surface area contributed by atoms with E-state index in [1.54, 1.807) is 0 Å². The Morgan fingerprint density at radius 2 is 2.42 bits per heavy atom. The Balaban J connectivity index is 2.42. The van der Waals surface area contributed by atoms with Gasteiger partial charge in [-0.25, -0.2) is 0 Å². The molecule has 0 amide bonds. The summed E-state index contributed by atoms with van der Waals surface area (Å²) in [6.45, 7) is 0. The zero-order valence-corrected chi connectivity index (χ0v) is 9.21. The molecule has 0 aliphatic carbocycles. The monoisotopic (exact) mass is 243 g/mol. The normalized spacial score (nSPS) is 21.0. The van der Waals surface area contributed by atoms with Gasteiger partial charge in [0, 0.05) is 21.2 Å². The largest absolute Gasteiger partial charge is 0.312 e. The first-order valence-electron chi connectivity index (χ1n) is 3.91. The first-order chi connectivity index (χ1) is 5.81. The van der Waals surface area contributed by atoms with Gasteiger partial charge in [-0.1, -0.05) is 15.9 Å². The van der Waals surface area contributed by atoms with E-state index in [2.05, 4.69) is 39.4 Å². The lowest BCUT2D eigenvalue weighted by Gasteiger charge is -2.08. The average molecular weight is 244 g/mol. The molecule has 0 spiro atoms. The highest BCUT2D eigenvalue weighted by molar-refractivity contribution is 9.10. The van der Waals surface area contributed by atoms with E-state index in [1.165, 1.54) is 14.9 Å². The minimum Gasteiger partial charge on any atom is -0.312 e. The summed E-state index contributed by atoms with van der Waals surface area (Å²) in [6, 6.07) is 7.02. The first-order valence-corrected chi connectivity index (χ1v) is 5.68. The van der Waals surface area contributed by atoms with Gasteiger partial charge >= 0.3 is 0 Å². The van der Waals surface area contributed by atoms with Gasteiger partial charge in [0.15, 0.2) is 0 Å². The zero-order chi connectivity index (χ0) is 8.55. The van der Waals surface area contributed by atoms with Crippen molar-refractivity contribution in [3.63, 3.8) is 0 Å². The summed E-state index contributed by atoms with van der Waals surface area (Å²) >= 11 is 5.41. The van der Waals surface area contributed by atoms with Crippen LogP contribution < -0.4 is 5.32 Å². The number of fused-ring (bicyclic) bond motifs is 1. The highest BCUT2D eigenvalue weighted by Gasteiger charge is 2.21. The fourth-order valence-electron chi connectivity index (χ4n) is 1.42. The summed E-state index contributed by atoms with van der Waals surface area (Å²) in [6.07, 6.45) is 0. The van der Waals surface area contributed by atoms with Gasteiger partial charge in [0.25, 0.3) is 0 Å². The molecule has 12 heavy (non-hydrogen) atoms. The van der Waals surface area contributed by atoms with Crippen LogP contribution in [0.5, 0.6) is 0 Å². The Kier molecular flexibility index (Phi) is 2.44. The number of hydrogen-bond donors (Lipinski definition) is 1. The van der Waals surface area contributed by atoms with Crippen molar-refractivity contribution in [1.29, 1.82) is 0 Å². The summed E-state index contributed by atoms with van der Waals surface area (Å²) in [4.78, 5) is 1.41. The molecule has 0 bridgehead atoms. The van der Waals surface area contributed by atoms with E-state index in [1.807, 2.05) is 18.8 Å². The van der Waals surface area contributed by atoms with Crippen molar-refractivity contribution >= 4 is 27.7 Å². The van der Waals surface area contributed by atoms with Crippen molar-refractivity contribution < 1.29 is 0 Å². The summed E-state index contributed by atoms with van der Waals surface area (Å²) in [5.74, 6) is 1.16. The summed E-state index contributed by atoms with van der Waals surface area (Å²) in [5.41, 5.74) is 1.43. The second kappa shape index (κ2) is 3.40. The van der Waals surface area contributed by atoms with Crippen LogP contribution in [-0.4, -0.2) is 12.8 Å². The number of rotatable bonds is 1. The molecule has 3 heteroatoms.